The van der Waals surface area contributed by atoms with E-state index in [0.717, 1.165) is 13.0 Å². The molecule has 1 aliphatic heterocycles. The monoisotopic (exact) mass is 269 g/mol. The molecule has 2 unspecified atom stereocenters. The number of carbonyl (C=O) groups excluding carboxylic acids is 2. The molecule has 2 atom stereocenters. The van der Waals surface area contributed by atoms with Crippen LogP contribution in [0, 0.1) is 5.92 Å². The first kappa shape index (κ1) is 15.7. The van der Waals surface area contributed by atoms with Gasteiger partial charge in [0.2, 0.25) is 11.8 Å². The summed E-state index contributed by atoms with van der Waals surface area (Å²) in [7, 11) is 3.88. The van der Waals surface area contributed by atoms with E-state index >= 15 is 0 Å². The smallest absolute Gasteiger partial charge is 0.249 e. The highest BCUT2D eigenvalue weighted by Crippen LogP contribution is 2.28. The second kappa shape index (κ2) is 6.16. The number of hydrogen-bond acceptors (Lipinski definition) is 4. The van der Waals surface area contributed by atoms with Gasteiger partial charge in [-0.1, -0.05) is 0 Å². The molecule has 108 valence electrons. The van der Waals surface area contributed by atoms with Gasteiger partial charge in [-0.15, -0.1) is 0 Å². The van der Waals surface area contributed by atoms with Gasteiger partial charge in [-0.3, -0.25) is 9.59 Å². The Labute approximate surface area is 113 Å². The number of aliphatic hydroxyl groups excluding tert-OH is 1. The molecule has 0 radical (unpaired) electrons. The normalized spacial score (nSPS) is 24.3. The molecule has 1 heterocycles. The van der Waals surface area contributed by atoms with E-state index in [1.54, 1.807) is 13.8 Å². The standard InChI is InChI=1S/C13H23N3O3/c1-8-9(2)12(18)16(7-5-6-15(3)4)13(19)10(8)11(14)17/h9,13,19H,5-7H2,1-4H3,(H2,14,17). The van der Waals surface area contributed by atoms with Crippen molar-refractivity contribution in [2.75, 3.05) is 27.2 Å². The van der Waals surface area contributed by atoms with Crippen molar-refractivity contribution in [1.82, 2.24) is 9.80 Å². The van der Waals surface area contributed by atoms with Gasteiger partial charge < -0.3 is 20.6 Å². The Kier molecular flexibility index (Phi) is 5.08. The van der Waals surface area contributed by atoms with E-state index in [4.69, 9.17) is 5.73 Å². The predicted octanol–water partition coefficient (Wildman–Crippen LogP) is -0.463. The Bertz CT molecular complexity index is 404. The third kappa shape index (κ3) is 3.33. The molecule has 1 rings (SSSR count). The maximum atomic E-state index is 12.2. The van der Waals surface area contributed by atoms with E-state index in [2.05, 4.69) is 0 Å². The van der Waals surface area contributed by atoms with Crippen LogP contribution in [-0.4, -0.2) is 60.1 Å². The zero-order valence-electron chi connectivity index (χ0n) is 12.0. The Balaban J connectivity index is 2.89. The molecule has 19 heavy (non-hydrogen) atoms. The van der Waals surface area contributed by atoms with Crippen molar-refractivity contribution in [1.29, 1.82) is 0 Å². The molecule has 0 spiro atoms. The number of carbonyl (C=O) groups is 2. The minimum atomic E-state index is -1.22. The second-order valence-corrected chi connectivity index (χ2v) is 5.24. The van der Waals surface area contributed by atoms with Gasteiger partial charge in [0.25, 0.3) is 0 Å². The summed E-state index contributed by atoms with van der Waals surface area (Å²) in [5.41, 5.74) is 6.01. The molecular weight excluding hydrogens is 246 g/mol. The van der Waals surface area contributed by atoms with Crippen LogP contribution in [0.5, 0.6) is 0 Å². The zero-order chi connectivity index (χ0) is 14.7. The molecule has 3 N–H and O–H groups in total. The van der Waals surface area contributed by atoms with Crippen LogP contribution in [0.15, 0.2) is 11.1 Å². The van der Waals surface area contributed by atoms with Gasteiger partial charge in [0, 0.05) is 6.54 Å². The molecule has 0 aromatic heterocycles. The molecule has 2 amide bonds. The highest BCUT2D eigenvalue weighted by molar-refractivity contribution is 5.98. The predicted molar refractivity (Wildman–Crippen MR) is 71.9 cm³/mol. The van der Waals surface area contributed by atoms with E-state index in [1.165, 1.54) is 4.90 Å². The lowest BCUT2D eigenvalue weighted by Crippen LogP contribution is -2.51. The maximum absolute atomic E-state index is 12.2. The van der Waals surface area contributed by atoms with Gasteiger partial charge in [0.05, 0.1) is 11.5 Å². The number of hydrogen-bond donors (Lipinski definition) is 2. The van der Waals surface area contributed by atoms with E-state index in [-0.39, 0.29) is 11.5 Å². The molecule has 0 fully saturated rings. The summed E-state index contributed by atoms with van der Waals surface area (Å²) in [5, 5.41) is 10.2. The van der Waals surface area contributed by atoms with Crippen LogP contribution < -0.4 is 5.73 Å². The third-order valence-electron chi connectivity index (χ3n) is 3.55. The average Bonchev–Trinajstić information content (AvgIpc) is 2.30. The SMILES string of the molecule is CC1=C(C(N)=O)C(O)N(CCCN(C)C)C(=O)C1C. The van der Waals surface area contributed by atoms with Crippen LogP contribution in [0.25, 0.3) is 0 Å². The van der Waals surface area contributed by atoms with Crippen LogP contribution in [0.3, 0.4) is 0 Å². The Morgan fingerprint density at radius 2 is 2.05 bits per heavy atom. The third-order valence-corrected chi connectivity index (χ3v) is 3.55. The second-order valence-electron chi connectivity index (χ2n) is 5.24. The van der Waals surface area contributed by atoms with Crippen LogP contribution in [0.4, 0.5) is 0 Å². The average molecular weight is 269 g/mol. The lowest BCUT2D eigenvalue weighted by Gasteiger charge is -2.37. The van der Waals surface area contributed by atoms with E-state index < -0.39 is 18.1 Å². The topological polar surface area (TPSA) is 86.9 Å². The van der Waals surface area contributed by atoms with Gasteiger partial charge in [-0.05, 0) is 46.5 Å². The fourth-order valence-electron chi connectivity index (χ4n) is 2.26. The van der Waals surface area contributed by atoms with Crippen molar-refractivity contribution < 1.29 is 14.7 Å². The lowest BCUT2D eigenvalue weighted by molar-refractivity contribution is -0.144. The largest absolute Gasteiger partial charge is 0.369 e. The first-order valence-corrected chi connectivity index (χ1v) is 6.41. The summed E-state index contributed by atoms with van der Waals surface area (Å²) < 4.78 is 0. The molecule has 0 saturated carbocycles. The van der Waals surface area contributed by atoms with Crippen molar-refractivity contribution >= 4 is 11.8 Å². The van der Waals surface area contributed by atoms with Crippen LogP contribution in [0.2, 0.25) is 0 Å². The van der Waals surface area contributed by atoms with Crippen LogP contribution >= 0.6 is 0 Å². The van der Waals surface area contributed by atoms with E-state index in [9.17, 15) is 14.7 Å². The molecule has 6 nitrogen and oxygen atoms in total. The summed E-state index contributed by atoms with van der Waals surface area (Å²) in [4.78, 5) is 26.9. The number of nitrogens with zero attached hydrogens (tertiary/aromatic N) is 2. The van der Waals surface area contributed by atoms with Crippen molar-refractivity contribution in [3.8, 4) is 0 Å². The quantitative estimate of drug-likeness (QED) is 0.707. The van der Waals surface area contributed by atoms with Crippen molar-refractivity contribution in [2.45, 2.75) is 26.5 Å². The summed E-state index contributed by atoms with van der Waals surface area (Å²) in [6, 6.07) is 0. The van der Waals surface area contributed by atoms with Gasteiger partial charge in [0.15, 0.2) is 6.23 Å². The maximum Gasteiger partial charge on any atom is 0.249 e. The first-order chi connectivity index (χ1) is 8.77. The van der Waals surface area contributed by atoms with Crippen LogP contribution in [0.1, 0.15) is 20.3 Å². The molecule has 0 saturated heterocycles. The van der Waals surface area contributed by atoms with Gasteiger partial charge in [-0.2, -0.15) is 0 Å². The van der Waals surface area contributed by atoms with Gasteiger partial charge >= 0.3 is 0 Å². The summed E-state index contributed by atoms with van der Waals surface area (Å²) in [6.45, 7) is 4.61. The molecule has 6 heteroatoms. The molecule has 0 aromatic rings. The van der Waals surface area contributed by atoms with Crippen molar-refractivity contribution in [3.63, 3.8) is 0 Å². The number of amides is 2. The Hall–Kier alpha value is -1.40. The van der Waals surface area contributed by atoms with Crippen molar-refractivity contribution in [2.24, 2.45) is 11.7 Å². The first-order valence-electron chi connectivity index (χ1n) is 6.41. The Morgan fingerprint density at radius 3 is 2.53 bits per heavy atom. The minimum absolute atomic E-state index is 0.150. The van der Waals surface area contributed by atoms with Crippen LogP contribution in [-0.2, 0) is 9.59 Å². The van der Waals surface area contributed by atoms with Crippen molar-refractivity contribution in [3.05, 3.63) is 11.1 Å². The summed E-state index contributed by atoms with van der Waals surface area (Å²) in [5.74, 6) is -1.24. The summed E-state index contributed by atoms with van der Waals surface area (Å²) in [6.07, 6.45) is -0.489. The van der Waals surface area contributed by atoms with E-state index in [0.29, 0.717) is 12.1 Å². The highest BCUT2D eigenvalue weighted by atomic mass is 16.3. The zero-order valence-corrected chi connectivity index (χ0v) is 12.0. The fourth-order valence-corrected chi connectivity index (χ4v) is 2.26. The number of primary amides is 1. The summed E-state index contributed by atoms with van der Waals surface area (Å²) >= 11 is 0. The molecule has 0 aliphatic carbocycles. The molecule has 0 bridgehead atoms. The van der Waals surface area contributed by atoms with Gasteiger partial charge in [-0.25, -0.2) is 0 Å². The minimum Gasteiger partial charge on any atom is -0.369 e. The lowest BCUT2D eigenvalue weighted by atomic mass is 9.89. The highest BCUT2D eigenvalue weighted by Gasteiger charge is 2.38. The van der Waals surface area contributed by atoms with E-state index in [1.807, 2.05) is 19.0 Å². The molecule has 0 aromatic carbocycles. The van der Waals surface area contributed by atoms with Gasteiger partial charge in [0.1, 0.15) is 0 Å². The molecular formula is C13H23N3O3. The Morgan fingerprint density at radius 1 is 1.47 bits per heavy atom. The number of rotatable bonds is 5. The fraction of sp³-hybridized carbons (Fsp3) is 0.692. The number of nitrogens with two attached hydrogens (primary N) is 1. The number of aliphatic hydroxyl groups is 1. The molecule has 1 aliphatic rings.